The summed E-state index contributed by atoms with van der Waals surface area (Å²) in [6.07, 6.45) is 0.660. The summed E-state index contributed by atoms with van der Waals surface area (Å²) in [5.74, 6) is 0. The van der Waals surface area contributed by atoms with Gasteiger partial charge < -0.3 is 5.11 Å². The molecule has 1 N–H and O–H groups in total. The zero-order valence-electron chi connectivity index (χ0n) is 9.26. The van der Waals surface area contributed by atoms with Gasteiger partial charge in [-0.05, 0) is 19.4 Å². The highest BCUT2D eigenvalue weighted by Crippen LogP contribution is 2.10. The van der Waals surface area contributed by atoms with Crippen molar-refractivity contribution in [2.75, 3.05) is 6.61 Å². The van der Waals surface area contributed by atoms with Gasteiger partial charge in [0.2, 0.25) is 0 Å². The second-order valence-corrected chi connectivity index (χ2v) is 2.75. The van der Waals surface area contributed by atoms with Crippen LogP contribution in [0.5, 0.6) is 0 Å². The maximum Gasteiger partial charge on any atom is 0.0679 e. The largest absolute Gasteiger partial charge is 0.396 e. The smallest absolute Gasteiger partial charge is 0.0679 e. The Labute approximate surface area is 80.4 Å². The summed E-state index contributed by atoms with van der Waals surface area (Å²) in [6, 6.07) is 0. The standard InChI is InChI=1S/C8H14N2O.C2H6/c1-6-7(2)10(3)9-8(6)4-5-11;1-2/h11H,4-5H2,1-3H3;1-2H3. The minimum absolute atomic E-state index is 0.178. The molecule has 1 aromatic heterocycles. The van der Waals surface area contributed by atoms with Crippen molar-refractivity contribution in [1.29, 1.82) is 0 Å². The maximum absolute atomic E-state index is 8.70. The summed E-state index contributed by atoms with van der Waals surface area (Å²) >= 11 is 0. The van der Waals surface area contributed by atoms with Crippen LogP contribution in [0.15, 0.2) is 0 Å². The molecule has 1 rings (SSSR count). The number of hydrogen-bond donors (Lipinski definition) is 1. The molecule has 1 aromatic rings. The van der Waals surface area contributed by atoms with E-state index in [2.05, 4.69) is 5.10 Å². The molecule has 0 fully saturated rings. The highest BCUT2D eigenvalue weighted by atomic mass is 16.3. The molecule has 0 atom stereocenters. The van der Waals surface area contributed by atoms with Gasteiger partial charge in [0, 0.05) is 25.8 Å². The molecule has 3 heteroatoms. The van der Waals surface area contributed by atoms with Crippen molar-refractivity contribution in [2.24, 2.45) is 7.05 Å². The van der Waals surface area contributed by atoms with E-state index in [0.29, 0.717) is 6.42 Å². The molecule has 3 nitrogen and oxygen atoms in total. The van der Waals surface area contributed by atoms with Crippen LogP contribution in [0.1, 0.15) is 30.8 Å². The van der Waals surface area contributed by atoms with Gasteiger partial charge in [-0.15, -0.1) is 0 Å². The van der Waals surface area contributed by atoms with Gasteiger partial charge >= 0.3 is 0 Å². The molecule has 0 aromatic carbocycles. The Morgan fingerprint density at radius 2 is 1.85 bits per heavy atom. The van der Waals surface area contributed by atoms with Crippen molar-refractivity contribution in [2.45, 2.75) is 34.1 Å². The Morgan fingerprint density at radius 3 is 2.15 bits per heavy atom. The first-order valence-electron chi connectivity index (χ1n) is 4.76. The van der Waals surface area contributed by atoms with E-state index in [1.54, 1.807) is 0 Å². The number of aliphatic hydroxyl groups excluding tert-OH is 1. The zero-order chi connectivity index (χ0) is 10.4. The van der Waals surface area contributed by atoms with E-state index in [0.717, 1.165) is 5.69 Å². The van der Waals surface area contributed by atoms with Crippen LogP contribution in [-0.4, -0.2) is 21.5 Å². The average Bonchev–Trinajstić information content (AvgIpc) is 2.38. The van der Waals surface area contributed by atoms with Crippen molar-refractivity contribution >= 4 is 0 Å². The van der Waals surface area contributed by atoms with Gasteiger partial charge in [0.25, 0.3) is 0 Å². The molecule has 1 heterocycles. The molecule has 0 aliphatic carbocycles. The van der Waals surface area contributed by atoms with E-state index in [-0.39, 0.29) is 6.61 Å². The number of aliphatic hydroxyl groups is 1. The van der Waals surface area contributed by atoms with Crippen molar-refractivity contribution in [3.8, 4) is 0 Å². The summed E-state index contributed by atoms with van der Waals surface area (Å²) in [7, 11) is 1.92. The second kappa shape index (κ2) is 5.75. The molecule has 0 spiro atoms. The van der Waals surface area contributed by atoms with Crippen LogP contribution in [0.25, 0.3) is 0 Å². The van der Waals surface area contributed by atoms with E-state index in [9.17, 15) is 0 Å². The molecule has 0 aliphatic heterocycles. The summed E-state index contributed by atoms with van der Waals surface area (Å²) in [5.41, 5.74) is 3.38. The molecule has 0 radical (unpaired) electrons. The number of aromatic nitrogens is 2. The molecule has 0 saturated heterocycles. The van der Waals surface area contributed by atoms with Crippen LogP contribution < -0.4 is 0 Å². The van der Waals surface area contributed by atoms with Gasteiger partial charge in [-0.2, -0.15) is 5.10 Å². The molecule has 0 bridgehead atoms. The fraction of sp³-hybridized carbons (Fsp3) is 0.700. The lowest BCUT2D eigenvalue weighted by molar-refractivity contribution is 0.297. The summed E-state index contributed by atoms with van der Waals surface area (Å²) in [4.78, 5) is 0. The van der Waals surface area contributed by atoms with Crippen molar-refractivity contribution < 1.29 is 5.11 Å². The molecule has 0 saturated carbocycles. The molecular weight excluding hydrogens is 164 g/mol. The third-order valence-corrected chi connectivity index (χ3v) is 2.08. The molecular formula is C10H20N2O. The monoisotopic (exact) mass is 184 g/mol. The average molecular weight is 184 g/mol. The highest BCUT2D eigenvalue weighted by molar-refractivity contribution is 5.23. The van der Waals surface area contributed by atoms with Crippen molar-refractivity contribution in [3.05, 3.63) is 17.0 Å². The topological polar surface area (TPSA) is 38.1 Å². The first-order chi connectivity index (χ1) is 6.16. The Bertz CT molecular complexity index is 254. The Hall–Kier alpha value is -0.830. The lowest BCUT2D eigenvalue weighted by Crippen LogP contribution is -1.95. The fourth-order valence-electron chi connectivity index (χ4n) is 1.13. The van der Waals surface area contributed by atoms with Gasteiger partial charge in [-0.25, -0.2) is 0 Å². The third-order valence-electron chi connectivity index (χ3n) is 2.08. The van der Waals surface area contributed by atoms with Gasteiger partial charge in [-0.3, -0.25) is 4.68 Å². The van der Waals surface area contributed by atoms with Crippen LogP contribution in [0.4, 0.5) is 0 Å². The first-order valence-corrected chi connectivity index (χ1v) is 4.76. The van der Waals surface area contributed by atoms with E-state index >= 15 is 0 Å². The predicted molar refractivity (Wildman–Crippen MR) is 54.8 cm³/mol. The Balaban J connectivity index is 0.000000671. The second-order valence-electron chi connectivity index (χ2n) is 2.75. The summed E-state index contributed by atoms with van der Waals surface area (Å²) in [5, 5.41) is 13.0. The minimum atomic E-state index is 0.178. The Morgan fingerprint density at radius 1 is 1.31 bits per heavy atom. The fourth-order valence-corrected chi connectivity index (χ4v) is 1.13. The molecule has 76 valence electrons. The van der Waals surface area contributed by atoms with Crippen LogP contribution in [0.2, 0.25) is 0 Å². The molecule has 0 unspecified atom stereocenters. The van der Waals surface area contributed by atoms with Gasteiger partial charge in [-0.1, -0.05) is 13.8 Å². The quantitative estimate of drug-likeness (QED) is 0.758. The lowest BCUT2D eigenvalue weighted by Gasteiger charge is -1.92. The van der Waals surface area contributed by atoms with Crippen molar-refractivity contribution in [1.82, 2.24) is 9.78 Å². The molecule has 0 amide bonds. The van der Waals surface area contributed by atoms with E-state index in [1.165, 1.54) is 11.3 Å². The van der Waals surface area contributed by atoms with Gasteiger partial charge in [0.1, 0.15) is 0 Å². The van der Waals surface area contributed by atoms with Crippen molar-refractivity contribution in [3.63, 3.8) is 0 Å². The molecule has 0 aliphatic rings. The van der Waals surface area contributed by atoms with Crippen LogP contribution in [0.3, 0.4) is 0 Å². The van der Waals surface area contributed by atoms with Gasteiger partial charge in [0.15, 0.2) is 0 Å². The number of hydrogen-bond acceptors (Lipinski definition) is 2. The number of aryl methyl sites for hydroxylation is 1. The summed E-state index contributed by atoms with van der Waals surface area (Å²) in [6.45, 7) is 8.24. The SMILES string of the molecule is CC.Cc1c(CCO)nn(C)c1C. The van der Waals surface area contributed by atoms with E-state index in [4.69, 9.17) is 5.11 Å². The zero-order valence-corrected chi connectivity index (χ0v) is 9.26. The number of rotatable bonds is 2. The Kier molecular flexibility index (Phi) is 5.39. The first kappa shape index (κ1) is 12.2. The van der Waals surface area contributed by atoms with E-state index < -0.39 is 0 Å². The minimum Gasteiger partial charge on any atom is -0.396 e. The third kappa shape index (κ3) is 2.84. The summed E-state index contributed by atoms with van der Waals surface area (Å²) < 4.78 is 1.85. The maximum atomic E-state index is 8.70. The predicted octanol–water partition coefficient (Wildman–Crippen LogP) is 1.60. The number of nitrogens with zero attached hydrogens (tertiary/aromatic N) is 2. The van der Waals surface area contributed by atoms with E-state index in [1.807, 2.05) is 39.4 Å². The van der Waals surface area contributed by atoms with Gasteiger partial charge in [0.05, 0.1) is 5.69 Å². The lowest BCUT2D eigenvalue weighted by atomic mass is 10.2. The van der Waals surface area contributed by atoms with Crippen LogP contribution >= 0.6 is 0 Å². The molecule has 13 heavy (non-hydrogen) atoms. The highest BCUT2D eigenvalue weighted by Gasteiger charge is 2.06. The van der Waals surface area contributed by atoms with Crippen LogP contribution in [0, 0.1) is 13.8 Å². The van der Waals surface area contributed by atoms with Crippen LogP contribution in [-0.2, 0) is 13.5 Å². The normalized spacial score (nSPS) is 9.38.